The van der Waals surface area contributed by atoms with Crippen LogP contribution in [0.5, 0.6) is 0 Å². The molecule has 0 heterocycles. The number of nitrogens with one attached hydrogen (secondary N) is 1. The fourth-order valence-corrected chi connectivity index (χ4v) is 1.75. The summed E-state index contributed by atoms with van der Waals surface area (Å²) < 4.78 is 13.7. The number of hydrogen-bond acceptors (Lipinski definition) is 2. The molecule has 108 valence electrons. The average Bonchev–Trinajstić information content (AvgIpc) is 2.46. The van der Waals surface area contributed by atoms with Crippen LogP contribution in [-0.4, -0.2) is 23.7 Å². The maximum absolute atomic E-state index is 13.7. The van der Waals surface area contributed by atoms with Crippen LogP contribution in [-0.2, 0) is 0 Å². The normalized spacial score (nSPS) is 10.1. The summed E-state index contributed by atoms with van der Waals surface area (Å²) in [6, 6.07) is 4.25. The lowest BCUT2D eigenvalue weighted by Gasteiger charge is -2.15. The zero-order valence-electron chi connectivity index (χ0n) is 11.9. The lowest BCUT2D eigenvalue weighted by atomic mass is 10.1. The summed E-state index contributed by atoms with van der Waals surface area (Å²) in [5.74, 6) is 4.57. The molecule has 20 heavy (non-hydrogen) atoms. The summed E-state index contributed by atoms with van der Waals surface area (Å²) in [6.07, 6.45) is 1.96. The standard InChI is InChI=1S/C16H20FNO2/c1-3-13(4-2)18-16(20)14-11-12(7-5-6-10-19)8-9-15(14)17/h8-9,11,13,19H,3-4,6,10H2,1-2H3,(H,18,20). The van der Waals surface area contributed by atoms with Gasteiger partial charge in [0.15, 0.2) is 0 Å². The number of carbonyl (C=O) groups is 1. The van der Waals surface area contributed by atoms with E-state index in [-0.39, 0.29) is 18.2 Å². The second-order valence-corrected chi connectivity index (χ2v) is 4.46. The summed E-state index contributed by atoms with van der Waals surface area (Å²) in [7, 11) is 0. The number of carbonyl (C=O) groups excluding carboxylic acids is 1. The van der Waals surface area contributed by atoms with Crippen molar-refractivity contribution in [2.45, 2.75) is 39.2 Å². The molecule has 3 nitrogen and oxygen atoms in total. The Balaban J connectivity index is 2.91. The molecule has 0 fully saturated rings. The quantitative estimate of drug-likeness (QED) is 0.812. The zero-order chi connectivity index (χ0) is 15.0. The van der Waals surface area contributed by atoms with E-state index in [2.05, 4.69) is 17.2 Å². The summed E-state index contributed by atoms with van der Waals surface area (Å²) in [6.45, 7) is 3.93. The highest BCUT2D eigenvalue weighted by Gasteiger charge is 2.15. The smallest absolute Gasteiger partial charge is 0.254 e. The van der Waals surface area contributed by atoms with Gasteiger partial charge in [-0.05, 0) is 31.0 Å². The van der Waals surface area contributed by atoms with Gasteiger partial charge in [-0.3, -0.25) is 4.79 Å². The summed E-state index contributed by atoms with van der Waals surface area (Å²) >= 11 is 0. The Morgan fingerprint density at radius 3 is 2.70 bits per heavy atom. The van der Waals surface area contributed by atoms with Crippen molar-refractivity contribution in [3.8, 4) is 11.8 Å². The lowest BCUT2D eigenvalue weighted by Crippen LogP contribution is -2.34. The highest BCUT2D eigenvalue weighted by molar-refractivity contribution is 5.95. The summed E-state index contributed by atoms with van der Waals surface area (Å²) in [5, 5.41) is 11.5. The van der Waals surface area contributed by atoms with Crippen LogP contribution in [0.1, 0.15) is 49.0 Å². The molecule has 1 amide bonds. The third kappa shape index (κ3) is 4.67. The van der Waals surface area contributed by atoms with E-state index in [4.69, 9.17) is 5.11 Å². The fourth-order valence-electron chi connectivity index (χ4n) is 1.75. The molecule has 0 spiro atoms. The lowest BCUT2D eigenvalue weighted by molar-refractivity contribution is 0.0930. The van der Waals surface area contributed by atoms with Crippen LogP contribution in [0.4, 0.5) is 4.39 Å². The van der Waals surface area contributed by atoms with Crippen molar-refractivity contribution in [1.82, 2.24) is 5.32 Å². The van der Waals surface area contributed by atoms with Gasteiger partial charge in [-0.25, -0.2) is 4.39 Å². The van der Waals surface area contributed by atoms with Gasteiger partial charge in [0, 0.05) is 18.0 Å². The fraction of sp³-hybridized carbons (Fsp3) is 0.438. The van der Waals surface area contributed by atoms with Crippen molar-refractivity contribution >= 4 is 5.91 Å². The first kappa shape index (κ1) is 16.2. The molecule has 0 bridgehead atoms. The minimum absolute atomic E-state index is 0.00713. The van der Waals surface area contributed by atoms with E-state index in [0.29, 0.717) is 12.0 Å². The molecule has 0 atom stereocenters. The molecule has 0 saturated carbocycles. The van der Waals surface area contributed by atoms with E-state index in [1.807, 2.05) is 13.8 Å². The van der Waals surface area contributed by atoms with Crippen molar-refractivity contribution < 1.29 is 14.3 Å². The minimum atomic E-state index is -0.554. The molecule has 0 radical (unpaired) electrons. The van der Waals surface area contributed by atoms with E-state index in [1.54, 1.807) is 0 Å². The SMILES string of the molecule is CCC(CC)NC(=O)c1cc(C#CCCO)ccc1F. The summed E-state index contributed by atoms with van der Waals surface area (Å²) in [4.78, 5) is 12.0. The van der Waals surface area contributed by atoms with Crippen LogP contribution in [0, 0.1) is 17.7 Å². The predicted molar refractivity (Wildman–Crippen MR) is 76.8 cm³/mol. The topological polar surface area (TPSA) is 49.3 Å². The average molecular weight is 277 g/mol. The van der Waals surface area contributed by atoms with Gasteiger partial charge < -0.3 is 10.4 Å². The van der Waals surface area contributed by atoms with Crippen molar-refractivity contribution in [1.29, 1.82) is 0 Å². The largest absolute Gasteiger partial charge is 0.395 e. The van der Waals surface area contributed by atoms with Gasteiger partial charge in [-0.15, -0.1) is 0 Å². The van der Waals surface area contributed by atoms with Gasteiger partial charge in [0.2, 0.25) is 0 Å². The van der Waals surface area contributed by atoms with E-state index in [0.717, 1.165) is 12.8 Å². The third-order valence-corrected chi connectivity index (χ3v) is 3.00. The van der Waals surface area contributed by atoms with Crippen LogP contribution in [0.15, 0.2) is 18.2 Å². The molecular weight excluding hydrogens is 257 g/mol. The number of aliphatic hydroxyl groups excluding tert-OH is 1. The van der Waals surface area contributed by atoms with Gasteiger partial charge in [-0.2, -0.15) is 0 Å². The van der Waals surface area contributed by atoms with Crippen LogP contribution in [0.25, 0.3) is 0 Å². The van der Waals surface area contributed by atoms with E-state index in [1.165, 1.54) is 18.2 Å². The Morgan fingerprint density at radius 1 is 1.40 bits per heavy atom. The molecule has 1 aromatic carbocycles. The number of benzene rings is 1. The van der Waals surface area contributed by atoms with Gasteiger partial charge in [0.05, 0.1) is 12.2 Å². The molecule has 1 rings (SSSR count). The minimum Gasteiger partial charge on any atom is -0.395 e. The van der Waals surface area contributed by atoms with Crippen LogP contribution < -0.4 is 5.32 Å². The first-order valence-electron chi connectivity index (χ1n) is 6.82. The molecular formula is C16H20FNO2. The van der Waals surface area contributed by atoms with Gasteiger partial charge >= 0.3 is 0 Å². The number of aliphatic hydroxyl groups is 1. The molecule has 0 aliphatic heterocycles. The molecule has 0 aliphatic carbocycles. The Hall–Kier alpha value is -1.86. The molecule has 0 aromatic heterocycles. The Labute approximate surface area is 119 Å². The van der Waals surface area contributed by atoms with Crippen LogP contribution in [0.2, 0.25) is 0 Å². The number of halogens is 1. The Morgan fingerprint density at radius 2 is 2.10 bits per heavy atom. The Kier molecular flexibility index (Phi) is 6.75. The summed E-state index contributed by atoms with van der Waals surface area (Å²) in [5.41, 5.74) is 0.572. The number of rotatable bonds is 5. The van der Waals surface area contributed by atoms with Crippen LogP contribution in [0.3, 0.4) is 0 Å². The highest BCUT2D eigenvalue weighted by Crippen LogP contribution is 2.11. The number of hydrogen-bond donors (Lipinski definition) is 2. The van der Waals surface area contributed by atoms with E-state index < -0.39 is 11.7 Å². The molecule has 2 N–H and O–H groups in total. The second kappa shape index (κ2) is 8.34. The Bertz CT molecular complexity index is 513. The molecule has 0 aliphatic rings. The third-order valence-electron chi connectivity index (χ3n) is 3.00. The highest BCUT2D eigenvalue weighted by atomic mass is 19.1. The molecule has 0 unspecified atom stereocenters. The van der Waals surface area contributed by atoms with Crippen molar-refractivity contribution in [2.75, 3.05) is 6.61 Å². The van der Waals surface area contributed by atoms with E-state index in [9.17, 15) is 9.18 Å². The van der Waals surface area contributed by atoms with Gasteiger partial charge in [0.1, 0.15) is 5.82 Å². The van der Waals surface area contributed by atoms with E-state index >= 15 is 0 Å². The van der Waals surface area contributed by atoms with Gasteiger partial charge in [-0.1, -0.05) is 25.7 Å². The first-order chi connectivity index (χ1) is 9.62. The molecule has 0 saturated heterocycles. The maximum atomic E-state index is 13.7. The molecule has 4 heteroatoms. The second-order valence-electron chi connectivity index (χ2n) is 4.46. The maximum Gasteiger partial charge on any atom is 0.254 e. The van der Waals surface area contributed by atoms with Crippen molar-refractivity contribution in [2.24, 2.45) is 0 Å². The van der Waals surface area contributed by atoms with Gasteiger partial charge in [0.25, 0.3) is 5.91 Å². The van der Waals surface area contributed by atoms with Crippen molar-refractivity contribution in [3.63, 3.8) is 0 Å². The number of amides is 1. The molecule has 1 aromatic rings. The zero-order valence-corrected chi connectivity index (χ0v) is 11.9. The monoisotopic (exact) mass is 277 g/mol. The van der Waals surface area contributed by atoms with Crippen LogP contribution >= 0.6 is 0 Å². The van der Waals surface area contributed by atoms with Crippen molar-refractivity contribution in [3.05, 3.63) is 35.1 Å². The predicted octanol–water partition coefficient (Wildman–Crippen LogP) is 2.48. The first-order valence-corrected chi connectivity index (χ1v) is 6.82.